The number of rotatable bonds is 1. The third-order valence-electron chi connectivity index (χ3n) is 2.23. The van der Waals surface area contributed by atoms with Crippen LogP contribution in [0.1, 0.15) is 33.1 Å². The van der Waals surface area contributed by atoms with Gasteiger partial charge in [0, 0.05) is 0 Å². The van der Waals surface area contributed by atoms with Crippen molar-refractivity contribution in [2.24, 2.45) is 11.8 Å². The summed E-state index contributed by atoms with van der Waals surface area (Å²) in [7, 11) is 0. The van der Waals surface area contributed by atoms with Crippen molar-refractivity contribution in [1.29, 1.82) is 0 Å². The lowest BCUT2D eigenvalue weighted by molar-refractivity contribution is 0.467. The van der Waals surface area contributed by atoms with Gasteiger partial charge in [-0.2, -0.15) is 0 Å². The smallest absolute Gasteiger partial charge is 0.0236 e. The normalized spacial score (nSPS) is 34.9. The first-order chi connectivity index (χ1) is 4.33. The van der Waals surface area contributed by atoms with Gasteiger partial charge in [-0.3, -0.25) is 0 Å². The topological polar surface area (TPSA) is 0 Å². The molecule has 9 heavy (non-hydrogen) atoms. The second kappa shape index (κ2) is 3.05. The van der Waals surface area contributed by atoms with E-state index < -0.39 is 0 Å². The summed E-state index contributed by atoms with van der Waals surface area (Å²) < 4.78 is 0. The van der Waals surface area contributed by atoms with Gasteiger partial charge < -0.3 is 0 Å². The highest BCUT2D eigenvalue weighted by atomic mass is 14.1. The van der Waals surface area contributed by atoms with Gasteiger partial charge in [0.1, 0.15) is 0 Å². The predicted octanol–water partition coefficient (Wildman–Crippen LogP) is 3.00. The van der Waals surface area contributed by atoms with E-state index in [0.29, 0.717) is 0 Å². The molecule has 1 aliphatic rings. The minimum absolute atomic E-state index is 0.841. The van der Waals surface area contributed by atoms with E-state index in [2.05, 4.69) is 26.0 Å². The lowest BCUT2D eigenvalue weighted by Crippen LogP contribution is -2.04. The van der Waals surface area contributed by atoms with Crippen LogP contribution >= 0.6 is 0 Å². The lowest BCUT2D eigenvalue weighted by Gasteiger charge is -2.17. The lowest BCUT2D eigenvalue weighted by atomic mass is 9.88. The molecule has 0 radical (unpaired) electrons. The van der Waals surface area contributed by atoms with Crippen molar-refractivity contribution in [3.63, 3.8) is 0 Å². The second-order valence-electron chi connectivity index (χ2n) is 3.11. The summed E-state index contributed by atoms with van der Waals surface area (Å²) in [5.41, 5.74) is 0. The standard InChI is InChI=1S/C9H16/c1-3-9-6-4-8(2)5-7-9/h4,6,8-9H,3,5,7H2,1-2H3. The van der Waals surface area contributed by atoms with Gasteiger partial charge in [-0.05, 0) is 31.1 Å². The van der Waals surface area contributed by atoms with Crippen LogP contribution in [0.3, 0.4) is 0 Å². The number of hydrogen-bond acceptors (Lipinski definition) is 0. The minimum atomic E-state index is 0.841. The molecular formula is C9H16. The molecular weight excluding hydrogens is 108 g/mol. The number of allylic oxidation sites excluding steroid dienone is 2. The summed E-state index contributed by atoms with van der Waals surface area (Å²) in [4.78, 5) is 0. The SMILES string of the molecule is CCC1C=CC(C)CC1. The Morgan fingerprint density at radius 2 is 2.11 bits per heavy atom. The second-order valence-corrected chi connectivity index (χ2v) is 3.11. The van der Waals surface area contributed by atoms with Crippen LogP contribution in [0.15, 0.2) is 12.2 Å². The van der Waals surface area contributed by atoms with Gasteiger partial charge in [0.15, 0.2) is 0 Å². The average molecular weight is 124 g/mol. The molecule has 52 valence electrons. The van der Waals surface area contributed by atoms with Crippen LogP contribution in [0.4, 0.5) is 0 Å². The molecule has 0 aromatic heterocycles. The Balaban J connectivity index is 2.38. The maximum Gasteiger partial charge on any atom is -0.0236 e. The van der Waals surface area contributed by atoms with Crippen LogP contribution < -0.4 is 0 Å². The minimum Gasteiger partial charge on any atom is -0.0854 e. The predicted molar refractivity (Wildman–Crippen MR) is 41.3 cm³/mol. The molecule has 0 aromatic rings. The molecule has 0 spiro atoms. The molecule has 0 amide bonds. The van der Waals surface area contributed by atoms with Crippen molar-refractivity contribution in [3.8, 4) is 0 Å². The Hall–Kier alpha value is -0.260. The molecule has 0 aliphatic heterocycles. The Kier molecular flexibility index (Phi) is 2.32. The first-order valence-corrected chi connectivity index (χ1v) is 4.01. The Labute approximate surface area is 58.0 Å². The van der Waals surface area contributed by atoms with Gasteiger partial charge >= 0.3 is 0 Å². The van der Waals surface area contributed by atoms with Gasteiger partial charge in [-0.25, -0.2) is 0 Å². The van der Waals surface area contributed by atoms with Gasteiger partial charge in [0.05, 0.1) is 0 Å². The van der Waals surface area contributed by atoms with E-state index in [4.69, 9.17) is 0 Å². The summed E-state index contributed by atoms with van der Waals surface area (Å²) in [6.45, 7) is 4.56. The molecule has 0 saturated carbocycles. The van der Waals surface area contributed by atoms with Gasteiger partial charge in [-0.1, -0.05) is 26.0 Å². The van der Waals surface area contributed by atoms with Gasteiger partial charge in [0.2, 0.25) is 0 Å². The first kappa shape index (κ1) is 6.85. The summed E-state index contributed by atoms with van der Waals surface area (Å²) in [6.07, 6.45) is 8.87. The van der Waals surface area contributed by atoms with E-state index in [1.807, 2.05) is 0 Å². The molecule has 0 saturated heterocycles. The van der Waals surface area contributed by atoms with Crippen molar-refractivity contribution in [2.75, 3.05) is 0 Å². The Morgan fingerprint density at radius 1 is 1.33 bits per heavy atom. The van der Waals surface area contributed by atoms with Crippen LogP contribution in [0.5, 0.6) is 0 Å². The van der Waals surface area contributed by atoms with E-state index in [1.54, 1.807) is 0 Å². The van der Waals surface area contributed by atoms with Gasteiger partial charge in [0.25, 0.3) is 0 Å². The van der Waals surface area contributed by atoms with E-state index in [0.717, 1.165) is 11.8 Å². The first-order valence-electron chi connectivity index (χ1n) is 4.01. The maximum atomic E-state index is 2.38. The highest BCUT2D eigenvalue weighted by Gasteiger charge is 2.09. The van der Waals surface area contributed by atoms with Crippen molar-refractivity contribution in [2.45, 2.75) is 33.1 Å². The fraction of sp³-hybridized carbons (Fsp3) is 0.778. The quantitative estimate of drug-likeness (QED) is 0.471. The third-order valence-corrected chi connectivity index (χ3v) is 2.23. The van der Waals surface area contributed by atoms with Crippen LogP contribution in [0.25, 0.3) is 0 Å². The molecule has 1 rings (SSSR count). The largest absolute Gasteiger partial charge is 0.0854 e. The summed E-state index contributed by atoms with van der Waals surface area (Å²) in [5.74, 6) is 1.73. The molecule has 1 aliphatic carbocycles. The van der Waals surface area contributed by atoms with Crippen LogP contribution in [-0.2, 0) is 0 Å². The molecule has 0 aromatic carbocycles. The fourth-order valence-electron chi connectivity index (χ4n) is 1.36. The van der Waals surface area contributed by atoms with E-state index in [-0.39, 0.29) is 0 Å². The molecule has 0 nitrogen and oxygen atoms in total. The number of hydrogen-bond donors (Lipinski definition) is 0. The molecule has 2 unspecified atom stereocenters. The van der Waals surface area contributed by atoms with E-state index in [9.17, 15) is 0 Å². The maximum absolute atomic E-state index is 2.38. The van der Waals surface area contributed by atoms with Crippen molar-refractivity contribution >= 4 is 0 Å². The van der Waals surface area contributed by atoms with Crippen molar-refractivity contribution < 1.29 is 0 Å². The van der Waals surface area contributed by atoms with Gasteiger partial charge in [-0.15, -0.1) is 0 Å². The van der Waals surface area contributed by atoms with Crippen LogP contribution in [-0.4, -0.2) is 0 Å². The van der Waals surface area contributed by atoms with E-state index >= 15 is 0 Å². The van der Waals surface area contributed by atoms with E-state index in [1.165, 1.54) is 19.3 Å². The zero-order valence-electron chi connectivity index (χ0n) is 6.43. The summed E-state index contributed by atoms with van der Waals surface area (Å²) >= 11 is 0. The van der Waals surface area contributed by atoms with Crippen molar-refractivity contribution in [1.82, 2.24) is 0 Å². The van der Waals surface area contributed by atoms with Crippen LogP contribution in [0.2, 0.25) is 0 Å². The average Bonchev–Trinajstić information content (AvgIpc) is 1.90. The summed E-state index contributed by atoms with van der Waals surface area (Å²) in [6, 6.07) is 0. The van der Waals surface area contributed by atoms with Crippen LogP contribution in [0, 0.1) is 11.8 Å². The third kappa shape index (κ3) is 1.85. The highest BCUT2D eigenvalue weighted by Crippen LogP contribution is 2.23. The molecule has 0 heteroatoms. The molecule has 2 atom stereocenters. The zero-order valence-corrected chi connectivity index (χ0v) is 6.43. The Morgan fingerprint density at radius 3 is 2.56 bits per heavy atom. The zero-order chi connectivity index (χ0) is 6.69. The molecule has 0 fully saturated rings. The van der Waals surface area contributed by atoms with Crippen molar-refractivity contribution in [3.05, 3.63) is 12.2 Å². The molecule has 0 heterocycles. The molecule has 0 bridgehead atoms. The highest BCUT2D eigenvalue weighted by molar-refractivity contribution is 4.95. The molecule has 0 N–H and O–H groups in total. The Bertz CT molecular complexity index is 103. The fourth-order valence-corrected chi connectivity index (χ4v) is 1.36. The monoisotopic (exact) mass is 124 g/mol. The summed E-state index contributed by atoms with van der Waals surface area (Å²) in [5, 5.41) is 0.